The predicted molar refractivity (Wildman–Crippen MR) is 127 cm³/mol. The van der Waals surface area contributed by atoms with Gasteiger partial charge < -0.3 is 10.1 Å². The van der Waals surface area contributed by atoms with Gasteiger partial charge in [0.15, 0.2) is 0 Å². The van der Waals surface area contributed by atoms with Crippen LogP contribution in [0.4, 0.5) is 5.69 Å². The molecular formula is C21H25Cl2NO2S2. The average Bonchev–Trinajstić information content (AvgIpc) is 2.62. The first-order valence-corrected chi connectivity index (χ1v) is 11.1. The Kier molecular flexibility index (Phi) is 11.5. The van der Waals surface area contributed by atoms with E-state index in [1.54, 1.807) is 0 Å². The highest BCUT2D eigenvalue weighted by molar-refractivity contribution is 7.99. The molecule has 0 spiro atoms. The van der Waals surface area contributed by atoms with Crippen molar-refractivity contribution in [1.29, 1.82) is 0 Å². The van der Waals surface area contributed by atoms with E-state index in [-0.39, 0.29) is 17.3 Å². The topological polar surface area (TPSA) is 38.3 Å². The highest BCUT2D eigenvalue weighted by atomic mass is 35.5. The van der Waals surface area contributed by atoms with Gasteiger partial charge in [0, 0.05) is 22.7 Å². The van der Waals surface area contributed by atoms with Gasteiger partial charge in [-0.25, -0.2) is 0 Å². The molecule has 2 aromatic carbocycles. The number of carbonyl (C=O) groups is 1. The summed E-state index contributed by atoms with van der Waals surface area (Å²) in [6.07, 6.45) is 0.0255. The fourth-order valence-corrected chi connectivity index (χ4v) is 4.19. The number of thioether (sulfide) groups is 1. The molecule has 0 saturated carbocycles. The maximum atomic E-state index is 10.0. The highest BCUT2D eigenvalue weighted by Gasteiger charge is 2.20. The molecule has 0 fully saturated rings. The van der Waals surface area contributed by atoms with E-state index >= 15 is 0 Å². The third kappa shape index (κ3) is 8.39. The van der Waals surface area contributed by atoms with Crippen molar-refractivity contribution < 1.29 is 9.53 Å². The zero-order chi connectivity index (χ0) is 21.1. The maximum absolute atomic E-state index is 10.0. The normalized spacial score (nSPS) is 11.2. The number of anilines is 1. The van der Waals surface area contributed by atoms with Crippen LogP contribution in [0.3, 0.4) is 0 Å². The van der Waals surface area contributed by atoms with Gasteiger partial charge in [0.2, 0.25) is 0 Å². The molecular weight excluding hydrogens is 433 g/mol. The van der Waals surface area contributed by atoms with Gasteiger partial charge in [-0.05, 0) is 55.0 Å². The fourth-order valence-electron chi connectivity index (χ4n) is 2.48. The number of hydrogen-bond donors (Lipinski definition) is 1. The number of carbonyl (C=O) groups excluding carboxylic acids is 1. The Balaban J connectivity index is 0.000000480. The van der Waals surface area contributed by atoms with Crippen LogP contribution in [0.1, 0.15) is 44.1 Å². The van der Waals surface area contributed by atoms with Gasteiger partial charge in [0.1, 0.15) is 0 Å². The number of thiocarbonyl (C=S) groups is 1. The van der Waals surface area contributed by atoms with Crippen molar-refractivity contribution >= 4 is 64.3 Å². The summed E-state index contributed by atoms with van der Waals surface area (Å²) in [7, 11) is 0. The van der Waals surface area contributed by atoms with Gasteiger partial charge in [-0.2, -0.15) is 0 Å². The summed E-state index contributed by atoms with van der Waals surface area (Å²) >= 11 is 19.3. The van der Waals surface area contributed by atoms with Crippen LogP contribution in [0.2, 0.25) is 10.0 Å². The summed E-state index contributed by atoms with van der Waals surface area (Å²) in [6.45, 7) is 7.17. The average molecular weight is 458 g/mol. The SMILES string of the molecule is CC(=O)OC(C)C.CCSC(c1ccccc1Cl)c1cc(Cl)ccc1NC=S. The standard InChI is InChI=1S/C16H15Cl2NS2.C5H10O2/c1-2-21-16(12-5-3-4-6-14(12)18)13-9-11(17)7-8-15(13)19-10-20;1-4(2)7-5(3)6/h3-10,16H,2H2,1H3,(H,19,20);4H,1-3H3. The second-order valence-corrected chi connectivity index (χ2v) is 8.47. The van der Waals surface area contributed by atoms with Gasteiger partial charge in [-0.3, -0.25) is 4.79 Å². The lowest BCUT2D eigenvalue weighted by Gasteiger charge is -2.21. The number of halogens is 2. The van der Waals surface area contributed by atoms with E-state index in [2.05, 4.69) is 23.0 Å². The Bertz CT molecular complexity index is 785. The predicted octanol–water partition coefficient (Wildman–Crippen LogP) is 7.16. The first-order valence-electron chi connectivity index (χ1n) is 8.83. The second kappa shape index (κ2) is 13.0. The molecule has 2 rings (SSSR count). The number of hydrogen-bond acceptors (Lipinski definition) is 4. The number of benzene rings is 2. The molecule has 0 aliphatic rings. The summed E-state index contributed by atoms with van der Waals surface area (Å²) in [5, 5.41) is 4.68. The molecule has 1 N–H and O–H groups in total. The largest absolute Gasteiger partial charge is 0.463 e. The molecule has 0 heterocycles. The highest BCUT2D eigenvalue weighted by Crippen LogP contribution is 2.42. The van der Waals surface area contributed by atoms with Crippen LogP contribution in [-0.2, 0) is 9.53 Å². The quantitative estimate of drug-likeness (QED) is 0.352. The summed E-state index contributed by atoms with van der Waals surface area (Å²) in [5.74, 6) is 0.759. The summed E-state index contributed by atoms with van der Waals surface area (Å²) in [4.78, 5) is 10.0. The third-order valence-corrected chi connectivity index (χ3v) is 5.30. The van der Waals surface area contributed by atoms with Crippen LogP contribution in [0, 0.1) is 0 Å². The zero-order valence-corrected chi connectivity index (χ0v) is 19.5. The lowest BCUT2D eigenvalue weighted by Crippen LogP contribution is -2.06. The van der Waals surface area contributed by atoms with Crippen LogP contribution in [0.15, 0.2) is 42.5 Å². The van der Waals surface area contributed by atoms with E-state index in [9.17, 15) is 4.79 Å². The maximum Gasteiger partial charge on any atom is 0.302 e. The molecule has 28 heavy (non-hydrogen) atoms. The number of nitrogens with one attached hydrogen (secondary N) is 1. The molecule has 1 atom stereocenters. The smallest absolute Gasteiger partial charge is 0.302 e. The van der Waals surface area contributed by atoms with E-state index in [1.807, 2.05) is 62.0 Å². The van der Waals surface area contributed by atoms with Crippen molar-refractivity contribution in [3.63, 3.8) is 0 Å². The Morgan fingerprint density at radius 3 is 2.39 bits per heavy atom. The van der Waals surface area contributed by atoms with Crippen molar-refractivity contribution in [2.24, 2.45) is 0 Å². The molecule has 0 radical (unpaired) electrons. The first-order chi connectivity index (χ1) is 13.3. The van der Waals surface area contributed by atoms with E-state index < -0.39 is 0 Å². The second-order valence-electron chi connectivity index (χ2n) is 6.01. The summed E-state index contributed by atoms with van der Waals surface area (Å²) in [6, 6.07) is 13.7. The van der Waals surface area contributed by atoms with Crippen molar-refractivity contribution in [3.05, 3.63) is 63.6 Å². The van der Waals surface area contributed by atoms with Gasteiger partial charge in [0.25, 0.3) is 0 Å². The van der Waals surface area contributed by atoms with Crippen molar-refractivity contribution in [1.82, 2.24) is 0 Å². The molecule has 0 aromatic heterocycles. The van der Waals surface area contributed by atoms with E-state index in [4.69, 9.17) is 35.4 Å². The van der Waals surface area contributed by atoms with Crippen LogP contribution >= 0.6 is 47.2 Å². The van der Waals surface area contributed by atoms with Crippen LogP contribution in [-0.4, -0.2) is 23.3 Å². The Morgan fingerprint density at radius 1 is 1.21 bits per heavy atom. The summed E-state index contributed by atoms with van der Waals surface area (Å²) in [5.41, 5.74) is 4.64. The minimum absolute atomic E-state index is 0.0255. The van der Waals surface area contributed by atoms with Gasteiger partial charge in [-0.15, -0.1) is 11.8 Å². The molecule has 0 aliphatic carbocycles. The molecule has 0 aliphatic heterocycles. The Morgan fingerprint density at radius 2 is 1.89 bits per heavy atom. The molecule has 1 unspecified atom stereocenters. The van der Waals surface area contributed by atoms with E-state index in [0.717, 1.165) is 27.6 Å². The molecule has 0 bridgehead atoms. The molecule has 152 valence electrons. The molecule has 7 heteroatoms. The van der Waals surface area contributed by atoms with Crippen LogP contribution < -0.4 is 5.32 Å². The number of esters is 1. The lowest BCUT2D eigenvalue weighted by molar-refractivity contribution is -0.144. The number of ether oxygens (including phenoxy) is 1. The van der Waals surface area contributed by atoms with Crippen LogP contribution in [0.5, 0.6) is 0 Å². The van der Waals surface area contributed by atoms with Crippen molar-refractivity contribution in [2.45, 2.75) is 39.0 Å². The van der Waals surface area contributed by atoms with Crippen LogP contribution in [0.25, 0.3) is 0 Å². The van der Waals surface area contributed by atoms with E-state index in [0.29, 0.717) is 5.02 Å². The third-order valence-electron chi connectivity index (χ3n) is 3.43. The molecule has 0 saturated heterocycles. The molecule has 2 aromatic rings. The van der Waals surface area contributed by atoms with E-state index in [1.165, 1.54) is 12.4 Å². The molecule has 0 amide bonds. The van der Waals surface area contributed by atoms with Gasteiger partial charge in [0.05, 0.1) is 16.8 Å². The Labute approximate surface area is 187 Å². The van der Waals surface area contributed by atoms with Crippen molar-refractivity contribution in [3.8, 4) is 0 Å². The van der Waals surface area contributed by atoms with Gasteiger partial charge in [-0.1, -0.05) is 60.5 Å². The molecule has 3 nitrogen and oxygen atoms in total. The Hall–Kier alpha value is -1.27. The fraction of sp³-hybridized carbons (Fsp3) is 0.333. The first kappa shape index (κ1) is 24.8. The lowest BCUT2D eigenvalue weighted by atomic mass is 10.0. The van der Waals surface area contributed by atoms with Gasteiger partial charge >= 0.3 is 5.97 Å². The summed E-state index contributed by atoms with van der Waals surface area (Å²) < 4.78 is 4.61. The minimum atomic E-state index is -0.213. The number of rotatable bonds is 7. The minimum Gasteiger partial charge on any atom is -0.463 e. The monoisotopic (exact) mass is 457 g/mol. The zero-order valence-electron chi connectivity index (χ0n) is 16.4. The van der Waals surface area contributed by atoms with Crippen molar-refractivity contribution in [2.75, 3.05) is 11.1 Å².